The number of ether oxygens (including phenoxy) is 1. The minimum absolute atomic E-state index is 0.0629. The Morgan fingerprint density at radius 2 is 1.67 bits per heavy atom. The molecule has 0 heterocycles. The van der Waals surface area contributed by atoms with Gasteiger partial charge in [-0.05, 0) is 39.8 Å². The van der Waals surface area contributed by atoms with Crippen LogP contribution in [0.3, 0.4) is 0 Å². The molecule has 4 heteroatoms. The second-order valence-electron chi connectivity index (χ2n) is 7.33. The largest absolute Gasteiger partial charge is 0.449 e. The number of amides is 1. The summed E-state index contributed by atoms with van der Waals surface area (Å²) in [6.07, 6.45) is 4.06. The maximum Gasteiger partial charge on any atom is 0.407 e. The Hall–Kier alpha value is -3.37. The number of aliphatic hydroxyl groups excluding tert-OH is 1. The van der Waals surface area contributed by atoms with Crippen LogP contribution in [0.15, 0.2) is 78.9 Å². The van der Waals surface area contributed by atoms with Crippen LogP contribution in [-0.2, 0) is 11.2 Å². The molecular formula is C26H25NO3. The van der Waals surface area contributed by atoms with Gasteiger partial charge < -0.3 is 15.2 Å². The molecule has 1 amide bonds. The molecule has 0 saturated carbocycles. The molecule has 30 heavy (non-hydrogen) atoms. The number of carbonyl (C=O) groups is 1. The molecular weight excluding hydrogens is 374 g/mol. The van der Waals surface area contributed by atoms with Gasteiger partial charge >= 0.3 is 6.09 Å². The standard InChI is InChI=1S/C26H25NO3/c28-16-14-20-8-5-7-19(17-20)9-6-15-27-26(29)30-18-25-23-12-3-1-10-21(23)22-11-2-4-13-24(22)25/h1-13,17,25,28H,14-16,18H2,(H,27,29). The van der Waals surface area contributed by atoms with Gasteiger partial charge in [0.25, 0.3) is 0 Å². The molecule has 0 aromatic heterocycles. The van der Waals surface area contributed by atoms with Gasteiger partial charge in [-0.2, -0.15) is 0 Å². The van der Waals surface area contributed by atoms with E-state index >= 15 is 0 Å². The maximum absolute atomic E-state index is 12.2. The van der Waals surface area contributed by atoms with Crippen LogP contribution in [0.2, 0.25) is 0 Å². The number of aliphatic hydroxyl groups is 1. The van der Waals surface area contributed by atoms with Crippen molar-refractivity contribution in [2.75, 3.05) is 19.8 Å². The predicted molar refractivity (Wildman–Crippen MR) is 119 cm³/mol. The van der Waals surface area contributed by atoms with Gasteiger partial charge in [-0.15, -0.1) is 0 Å². The minimum Gasteiger partial charge on any atom is -0.449 e. The molecule has 3 aromatic rings. The Balaban J connectivity index is 1.31. The van der Waals surface area contributed by atoms with Crippen molar-refractivity contribution in [1.82, 2.24) is 5.32 Å². The van der Waals surface area contributed by atoms with Crippen LogP contribution in [-0.4, -0.2) is 31.0 Å². The second kappa shape index (κ2) is 9.42. The Bertz CT molecular complexity index is 1010. The van der Waals surface area contributed by atoms with E-state index in [0.717, 1.165) is 11.1 Å². The zero-order valence-corrected chi connectivity index (χ0v) is 16.8. The summed E-state index contributed by atoms with van der Waals surface area (Å²) in [5, 5.41) is 11.8. The van der Waals surface area contributed by atoms with Crippen LogP contribution in [0.4, 0.5) is 4.79 Å². The van der Waals surface area contributed by atoms with Crippen molar-refractivity contribution < 1.29 is 14.6 Å². The molecule has 0 fully saturated rings. The zero-order chi connectivity index (χ0) is 20.8. The normalized spacial score (nSPS) is 12.6. The zero-order valence-electron chi connectivity index (χ0n) is 16.8. The third-order valence-corrected chi connectivity index (χ3v) is 5.37. The summed E-state index contributed by atoms with van der Waals surface area (Å²) in [7, 11) is 0. The molecule has 152 valence electrons. The number of fused-ring (bicyclic) bond motifs is 3. The third kappa shape index (κ3) is 4.44. The quantitative estimate of drug-likeness (QED) is 0.601. The van der Waals surface area contributed by atoms with Gasteiger partial charge in [-0.3, -0.25) is 0 Å². The molecule has 0 bridgehead atoms. The van der Waals surface area contributed by atoms with Gasteiger partial charge in [0.1, 0.15) is 6.61 Å². The maximum atomic E-state index is 12.2. The molecule has 2 N–H and O–H groups in total. The lowest BCUT2D eigenvalue weighted by Crippen LogP contribution is -2.26. The van der Waals surface area contributed by atoms with E-state index in [4.69, 9.17) is 9.84 Å². The number of hydrogen-bond donors (Lipinski definition) is 2. The smallest absolute Gasteiger partial charge is 0.407 e. The number of rotatable bonds is 7. The molecule has 1 aliphatic rings. The molecule has 4 nitrogen and oxygen atoms in total. The molecule has 1 aliphatic carbocycles. The molecule has 0 saturated heterocycles. The lowest BCUT2D eigenvalue weighted by molar-refractivity contribution is 0.144. The minimum atomic E-state index is -0.421. The second-order valence-corrected chi connectivity index (χ2v) is 7.33. The van der Waals surface area contributed by atoms with Crippen molar-refractivity contribution >= 4 is 12.2 Å². The number of alkyl carbamates (subject to hydrolysis) is 1. The van der Waals surface area contributed by atoms with E-state index in [0.29, 0.717) is 19.6 Å². The summed E-state index contributed by atoms with van der Waals surface area (Å²) < 4.78 is 5.53. The van der Waals surface area contributed by atoms with Crippen molar-refractivity contribution in [2.24, 2.45) is 0 Å². The van der Waals surface area contributed by atoms with Crippen molar-refractivity contribution in [2.45, 2.75) is 12.3 Å². The fourth-order valence-electron chi connectivity index (χ4n) is 3.97. The van der Waals surface area contributed by atoms with E-state index in [9.17, 15) is 4.79 Å². The summed E-state index contributed by atoms with van der Waals surface area (Å²) in [4.78, 5) is 12.2. The van der Waals surface area contributed by atoms with Gasteiger partial charge in [0.15, 0.2) is 0 Å². The Morgan fingerprint density at radius 3 is 2.37 bits per heavy atom. The highest BCUT2D eigenvalue weighted by Crippen LogP contribution is 2.44. The average molecular weight is 399 g/mol. The highest BCUT2D eigenvalue weighted by molar-refractivity contribution is 5.79. The van der Waals surface area contributed by atoms with Crippen LogP contribution in [0.1, 0.15) is 28.2 Å². The molecule has 4 rings (SSSR count). The first-order valence-electron chi connectivity index (χ1n) is 10.2. The molecule has 0 radical (unpaired) electrons. The predicted octanol–water partition coefficient (Wildman–Crippen LogP) is 4.77. The number of benzene rings is 3. The van der Waals surface area contributed by atoms with Crippen molar-refractivity contribution in [3.05, 3.63) is 101 Å². The molecule has 0 unspecified atom stereocenters. The van der Waals surface area contributed by atoms with E-state index in [2.05, 4.69) is 29.6 Å². The van der Waals surface area contributed by atoms with E-state index in [1.807, 2.05) is 60.7 Å². The van der Waals surface area contributed by atoms with Crippen LogP contribution < -0.4 is 5.32 Å². The number of nitrogens with one attached hydrogen (secondary N) is 1. The average Bonchev–Trinajstić information content (AvgIpc) is 3.10. The van der Waals surface area contributed by atoms with Crippen molar-refractivity contribution in [3.8, 4) is 11.1 Å². The Kier molecular flexibility index (Phi) is 6.26. The third-order valence-electron chi connectivity index (χ3n) is 5.37. The summed E-state index contributed by atoms with van der Waals surface area (Å²) >= 11 is 0. The fraction of sp³-hybridized carbons (Fsp3) is 0.192. The molecule has 0 spiro atoms. The molecule has 0 aliphatic heterocycles. The lowest BCUT2D eigenvalue weighted by atomic mass is 9.98. The highest BCUT2D eigenvalue weighted by atomic mass is 16.5. The monoisotopic (exact) mass is 399 g/mol. The molecule has 3 aromatic carbocycles. The summed E-state index contributed by atoms with van der Waals surface area (Å²) in [5.41, 5.74) is 6.96. The van der Waals surface area contributed by atoms with Crippen LogP contribution in [0.5, 0.6) is 0 Å². The molecule has 0 atom stereocenters. The highest BCUT2D eigenvalue weighted by Gasteiger charge is 2.28. The van der Waals surface area contributed by atoms with Crippen molar-refractivity contribution in [1.29, 1.82) is 0 Å². The first-order valence-corrected chi connectivity index (χ1v) is 10.2. The van der Waals surface area contributed by atoms with Gasteiger partial charge in [0.05, 0.1) is 0 Å². The van der Waals surface area contributed by atoms with Gasteiger partial charge in [0.2, 0.25) is 0 Å². The van der Waals surface area contributed by atoms with E-state index in [1.54, 1.807) is 0 Å². The van der Waals surface area contributed by atoms with Gasteiger partial charge in [0, 0.05) is 19.1 Å². The summed E-state index contributed by atoms with van der Waals surface area (Å²) in [6, 6.07) is 24.6. The van der Waals surface area contributed by atoms with Crippen molar-refractivity contribution in [3.63, 3.8) is 0 Å². The van der Waals surface area contributed by atoms with E-state index in [1.165, 1.54) is 22.3 Å². The van der Waals surface area contributed by atoms with Gasteiger partial charge in [-0.1, -0.05) is 84.9 Å². The van der Waals surface area contributed by atoms with E-state index < -0.39 is 6.09 Å². The summed E-state index contributed by atoms with van der Waals surface area (Å²) in [5.74, 6) is 0.0629. The topological polar surface area (TPSA) is 58.6 Å². The first kappa shape index (κ1) is 19.9. The first-order chi connectivity index (χ1) is 14.8. The van der Waals surface area contributed by atoms with Crippen LogP contribution >= 0.6 is 0 Å². The van der Waals surface area contributed by atoms with Crippen LogP contribution in [0.25, 0.3) is 17.2 Å². The lowest BCUT2D eigenvalue weighted by Gasteiger charge is -2.14. The van der Waals surface area contributed by atoms with Gasteiger partial charge in [-0.25, -0.2) is 4.79 Å². The van der Waals surface area contributed by atoms with Crippen LogP contribution in [0, 0.1) is 0 Å². The SMILES string of the molecule is O=C(NCC=Cc1cccc(CCO)c1)OCC1c2ccccc2-c2ccccc21. The van der Waals surface area contributed by atoms with E-state index in [-0.39, 0.29) is 12.5 Å². The Labute approximate surface area is 176 Å². The fourth-order valence-corrected chi connectivity index (χ4v) is 3.97. The summed E-state index contributed by atoms with van der Waals surface area (Å²) in [6.45, 7) is 0.837. The Morgan fingerprint density at radius 1 is 0.967 bits per heavy atom. The number of hydrogen-bond acceptors (Lipinski definition) is 3. The number of carbonyl (C=O) groups excluding carboxylic acids is 1.